The largest absolute Gasteiger partial charge is 0.366 e. The van der Waals surface area contributed by atoms with E-state index in [4.69, 9.17) is 0 Å². The van der Waals surface area contributed by atoms with Crippen molar-refractivity contribution in [2.24, 2.45) is 0 Å². The molecule has 3 rings (SSSR count). The van der Waals surface area contributed by atoms with Crippen LogP contribution in [0, 0.1) is 10.1 Å². The number of amides is 1. The molecule has 0 spiro atoms. The van der Waals surface area contributed by atoms with E-state index < -0.39 is 0 Å². The maximum absolute atomic E-state index is 12.8. The molecule has 1 amide bonds. The van der Waals surface area contributed by atoms with Gasteiger partial charge in [-0.15, -0.1) is 0 Å². The van der Waals surface area contributed by atoms with Crippen molar-refractivity contribution < 1.29 is 9.72 Å². The number of hydrogen-bond acceptors (Lipinski definition) is 4. The first-order chi connectivity index (χ1) is 14.0. The van der Waals surface area contributed by atoms with Crippen LogP contribution in [-0.4, -0.2) is 23.9 Å². The molecule has 29 heavy (non-hydrogen) atoms. The number of carbonyl (C=O) groups is 1. The molecule has 2 aromatic rings. The molecular formula is C23H29N3O3. The molecule has 1 aliphatic rings. The molecule has 1 fully saturated rings. The van der Waals surface area contributed by atoms with Gasteiger partial charge in [-0.2, -0.15) is 0 Å². The quantitative estimate of drug-likeness (QED) is 0.500. The summed E-state index contributed by atoms with van der Waals surface area (Å²) >= 11 is 0. The number of para-hydroxylation sites is 1. The van der Waals surface area contributed by atoms with Crippen molar-refractivity contribution in [3.05, 3.63) is 63.7 Å². The van der Waals surface area contributed by atoms with Crippen LogP contribution in [0.4, 0.5) is 17.1 Å². The second kappa shape index (κ2) is 9.54. The predicted octanol–water partition coefficient (Wildman–Crippen LogP) is 5.74. The van der Waals surface area contributed by atoms with E-state index in [0.717, 1.165) is 56.4 Å². The van der Waals surface area contributed by atoms with Gasteiger partial charge in [0.2, 0.25) is 0 Å². The maximum Gasteiger partial charge on any atom is 0.293 e. The van der Waals surface area contributed by atoms with Crippen LogP contribution < -0.4 is 10.2 Å². The van der Waals surface area contributed by atoms with E-state index in [1.807, 2.05) is 24.3 Å². The van der Waals surface area contributed by atoms with Gasteiger partial charge in [-0.3, -0.25) is 14.9 Å². The van der Waals surface area contributed by atoms with Crippen LogP contribution in [0.15, 0.2) is 42.5 Å². The third kappa shape index (κ3) is 4.94. The lowest BCUT2D eigenvalue weighted by molar-refractivity contribution is -0.384. The zero-order valence-corrected chi connectivity index (χ0v) is 17.2. The fourth-order valence-corrected chi connectivity index (χ4v) is 3.84. The summed E-state index contributed by atoms with van der Waals surface area (Å²) in [6.45, 7) is 5.85. The Morgan fingerprint density at radius 3 is 2.48 bits per heavy atom. The summed E-state index contributed by atoms with van der Waals surface area (Å²) in [6.07, 6.45) is 5.33. The summed E-state index contributed by atoms with van der Waals surface area (Å²) < 4.78 is 0. The minimum absolute atomic E-state index is 0.00485. The second-order valence-corrected chi connectivity index (χ2v) is 7.71. The fourth-order valence-electron chi connectivity index (χ4n) is 3.84. The summed E-state index contributed by atoms with van der Waals surface area (Å²) in [5.74, 6) is -0.0162. The molecule has 0 saturated carbocycles. The van der Waals surface area contributed by atoms with E-state index in [1.54, 1.807) is 12.1 Å². The highest BCUT2D eigenvalue weighted by atomic mass is 16.6. The van der Waals surface area contributed by atoms with Gasteiger partial charge in [0.15, 0.2) is 0 Å². The molecule has 1 N–H and O–H groups in total. The van der Waals surface area contributed by atoms with Crippen LogP contribution in [0.2, 0.25) is 0 Å². The number of benzene rings is 2. The fraction of sp³-hybridized carbons (Fsp3) is 0.435. The van der Waals surface area contributed by atoms with Crippen molar-refractivity contribution in [3.63, 3.8) is 0 Å². The number of nitro benzene ring substituents is 1. The smallest absolute Gasteiger partial charge is 0.293 e. The maximum atomic E-state index is 12.8. The molecule has 0 aliphatic carbocycles. The Bertz CT molecular complexity index is 873. The molecule has 0 aromatic heterocycles. The number of nitro groups is 1. The van der Waals surface area contributed by atoms with Gasteiger partial charge < -0.3 is 10.2 Å². The number of nitrogens with zero attached hydrogens (tertiary/aromatic N) is 2. The van der Waals surface area contributed by atoms with E-state index in [9.17, 15) is 14.9 Å². The lowest BCUT2D eigenvalue weighted by Crippen LogP contribution is -2.25. The van der Waals surface area contributed by atoms with E-state index in [0.29, 0.717) is 17.2 Å². The number of hydrogen-bond donors (Lipinski definition) is 1. The summed E-state index contributed by atoms with van der Waals surface area (Å²) in [7, 11) is 0. The highest BCUT2D eigenvalue weighted by molar-refractivity contribution is 6.05. The van der Waals surface area contributed by atoms with Crippen molar-refractivity contribution in [2.45, 2.75) is 51.9 Å². The third-order valence-corrected chi connectivity index (χ3v) is 5.73. The zero-order chi connectivity index (χ0) is 20.8. The van der Waals surface area contributed by atoms with Crippen molar-refractivity contribution in [1.29, 1.82) is 0 Å². The molecule has 154 valence electrons. The summed E-state index contributed by atoms with van der Waals surface area (Å²) in [5, 5.41) is 14.7. The summed E-state index contributed by atoms with van der Waals surface area (Å²) in [6, 6.07) is 12.5. The van der Waals surface area contributed by atoms with Crippen LogP contribution in [-0.2, 0) is 0 Å². The summed E-state index contributed by atoms with van der Waals surface area (Å²) in [4.78, 5) is 26.2. The Labute approximate surface area is 172 Å². The minimum Gasteiger partial charge on any atom is -0.366 e. The average Bonchev–Trinajstić information content (AvgIpc) is 3.02. The molecular weight excluding hydrogens is 366 g/mol. The van der Waals surface area contributed by atoms with E-state index >= 15 is 0 Å². The monoisotopic (exact) mass is 395 g/mol. The van der Waals surface area contributed by atoms with Gasteiger partial charge in [0.25, 0.3) is 11.6 Å². The molecule has 2 aromatic carbocycles. The van der Waals surface area contributed by atoms with Crippen LogP contribution in [0.5, 0.6) is 0 Å². The third-order valence-electron chi connectivity index (χ3n) is 5.73. The van der Waals surface area contributed by atoms with Crippen LogP contribution in [0.25, 0.3) is 0 Å². The average molecular weight is 396 g/mol. The molecule has 1 heterocycles. The normalized spacial score (nSPS) is 15.4. The van der Waals surface area contributed by atoms with Gasteiger partial charge in [-0.25, -0.2) is 0 Å². The number of anilines is 2. The van der Waals surface area contributed by atoms with E-state index in [2.05, 4.69) is 24.1 Å². The van der Waals surface area contributed by atoms with Gasteiger partial charge in [-0.05, 0) is 48.9 Å². The molecule has 6 nitrogen and oxygen atoms in total. The Morgan fingerprint density at radius 1 is 1.14 bits per heavy atom. The topological polar surface area (TPSA) is 75.5 Å². The Morgan fingerprint density at radius 2 is 1.83 bits per heavy atom. The van der Waals surface area contributed by atoms with Crippen LogP contribution >= 0.6 is 0 Å². The first-order valence-electron chi connectivity index (χ1n) is 10.4. The van der Waals surface area contributed by atoms with Crippen molar-refractivity contribution >= 4 is 23.0 Å². The molecule has 1 atom stereocenters. The molecule has 1 aliphatic heterocycles. The number of rotatable bonds is 6. The lowest BCUT2D eigenvalue weighted by atomic mass is 9.96. The molecule has 6 heteroatoms. The highest BCUT2D eigenvalue weighted by Crippen LogP contribution is 2.32. The van der Waals surface area contributed by atoms with Crippen molar-refractivity contribution in [1.82, 2.24) is 0 Å². The highest BCUT2D eigenvalue weighted by Gasteiger charge is 2.23. The Hall–Kier alpha value is -2.89. The van der Waals surface area contributed by atoms with Gasteiger partial charge >= 0.3 is 0 Å². The van der Waals surface area contributed by atoms with Gasteiger partial charge in [0, 0.05) is 30.4 Å². The first kappa shape index (κ1) is 20.8. The Kier molecular flexibility index (Phi) is 6.86. The summed E-state index contributed by atoms with van der Waals surface area (Å²) in [5.41, 5.74) is 2.72. The van der Waals surface area contributed by atoms with Gasteiger partial charge in [-0.1, -0.05) is 44.9 Å². The molecule has 0 unspecified atom stereocenters. The van der Waals surface area contributed by atoms with Crippen molar-refractivity contribution in [2.75, 3.05) is 23.3 Å². The van der Waals surface area contributed by atoms with Crippen LogP contribution in [0.3, 0.4) is 0 Å². The number of nitrogens with one attached hydrogen (secondary N) is 1. The van der Waals surface area contributed by atoms with Crippen LogP contribution in [0.1, 0.15) is 67.8 Å². The molecule has 0 bridgehead atoms. The SMILES string of the molecule is CC[C@@H](C)c1ccccc1NC(=O)c1ccc(N2CCCCCC2)c([N+](=O)[O-])c1. The zero-order valence-electron chi connectivity index (χ0n) is 17.2. The standard InChI is InChI=1S/C23H29N3O3/c1-3-17(2)19-10-6-7-11-20(19)24-23(27)18-12-13-21(22(16-18)26(28)29)25-14-8-4-5-9-15-25/h6-7,10-13,16-17H,3-5,8-9,14-15H2,1-2H3,(H,24,27)/t17-/m1/s1. The van der Waals surface area contributed by atoms with Gasteiger partial charge in [0.05, 0.1) is 4.92 Å². The van der Waals surface area contributed by atoms with E-state index in [1.165, 1.54) is 6.07 Å². The Balaban J connectivity index is 1.87. The molecule has 1 saturated heterocycles. The van der Waals surface area contributed by atoms with Crippen molar-refractivity contribution in [3.8, 4) is 0 Å². The number of carbonyl (C=O) groups excluding carboxylic acids is 1. The minimum atomic E-state index is -0.385. The second-order valence-electron chi connectivity index (χ2n) is 7.71. The molecule has 0 radical (unpaired) electrons. The van der Waals surface area contributed by atoms with Gasteiger partial charge in [0.1, 0.15) is 5.69 Å². The predicted molar refractivity (Wildman–Crippen MR) is 117 cm³/mol. The van der Waals surface area contributed by atoms with E-state index in [-0.39, 0.29) is 16.5 Å². The first-order valence-corrected chi connectivity index (χ1v) is 10.4. The lowest BCUT2D eigenvalue weighted by Gasteiger charge is -2.22.